The molecular formula is C27H36N2O5. The Balaban J connectivity index is 2.19. The van der Waals surface area contributed by atoms with Crippen molar-refractivity contribution in [2.24, 2.45) is 0 Å². The lowest BCUT2D eigenvalue weighted by atomic mass is 9.95. The van der Waals surface area contributed by atoms with Gasteiger partial charge >= 0.3 is 0 Å². The molecule has 1 aliphatic carbocycles. The van der Waals surface area contributed by atoms with Crippen molar-refractivity contribution in [1.29, 1.82) is 0 Å². The number of carbonyl (C=O) groups excluding carboxylic acids is 1. The van der Waals surface area contributed by atoms with Crippen LogP contribution in [0.1, 0.15) is 63.1 Å². The summed E-state index contributed by atoms with van der Waals surface area (Å²) in [7, 11) is 4.76. The van der Waals surface area contributed by atoms with E-state index in [2.05, 4.69) is 17.6 Å². The van der Waals surface area contributed by atoms with Crippen LogP contribution in [0, 0.1) is 0 Å². The van der Waals surface area contributed by atoms with Crippen LogP contribution in [0.4, 0.5) is 5.69 Å². The van der Waals surface area contributed by atoms with Gasteiger partial charge in [0, 0.05) is 19.0 Å². The fraction of sp³-hybridized carbons (Fsp3) is 0.481. The number of aryl methyl sites for hydroxylation is 1. The van der Waals surface area contributed by atoms with Crippen molar-refractivity contribution < 1.29 is 19.0 Å². The van der Waals surface area contributed by atoms with Crippen molar-refractivity contribution in [2.45, 2.75) is 58.4 Å². The summed E-state index contributed by atoms with van der Waals surface area (Å²) in [6.07, 6.45) is 5.80. The van der Waals surface area contributed by atoms with Crippen molar-refractivity contribution in [3.8, 4) is 28.4 Å². The molecule has 2 aromatic carbocycles. The number of anilines is 1. The van der Waals surface area contributed by atoms with Gasteiger partial charge in [-0.1, -0.05) is 32.3 Å². The molecule has 34 heavy (non-hydrogen) atoms. The van der Waals surface area contributed by atoms with Crippen molar-refractivity contribution in [3.63, 3.8) is 0 Å². The van der Waals surface area contributed by atoms with Gasteiger partial charge in [0.05, 0.1) is 33.1 Å². The number of nitrogens with one attached hydrogen (secondary N) is 2. The summed E-state index contributed by atoms with van der Waals surface area (Å²) in [6, 6.07) is 7.07. The summed E-state index contributed by atoms with van der Waals surface area (Å²) in [4.78, 5) is 25.2. The topological polar surface area (TPSA) is 85.9 Å². The van der Waals surface area contributed by atoms with Crippen molar-refractivity contribution in [2.75, 3.05) is 33.2 Å². The zero-order valence-electron chi connectivity index (χ0n) is 20.9. The third kappa shape index (κ3) is 5.46. The van der Waals surface area contributed by atoms with Crippen LogP contribution in [0.5, 0.6) is 17.2 Å². The Morgan fingerprint density at radius 3 is 2.44 bits per heavy atom. The van der Waals surface area contributed by atoms with Crippen LogP contribution in [-0.2, 0) is 11.2 Å². The third-order valence-corrected chi connectivity index (χ3v) is 6.26. The van der Waals surface area contributed by atoms with Crippen LogP contribution >= 0.6 is 0 Å². The lowest BCUT2D eigenvalue weighted by Gasteiger charge is -2.19. The maximum absolute atomic E-state index is 13.2. The van der Waals surface area contributed by atoms with Gasteiger partial charge in [-0.15, -0.1) is 0 Å². The van der Waals surface area contributed by atoms with Gasteiger partial charge in [0.2, 0.25) is 17.1 Å². The molecule has 0 saturated carbocycles. The van der Waals surface area contributed by atoms with Crippen molar-refractivity contribution >= 4 is 11.6 Å². The number of hydrogen-bond donors (Lipinski definition) is 2. The first-order chi connectivity index (χ1) is 16.4. The van der Waals surface area contributed by atoms with Gasteiger partial charge in [0.15, 0.2) is 11.5 Å². The number of fused-ring (bicyclic) bond motifs is 3. The van der Waals surface area contributed by atoms with Crippen LogP contribution in [0.2, 0.25) is 0 Å². The summed E-state index contributed by atoms with van der Waals surface area (Å²) in [5, 5.41) is 6.34. The normalized spacial score (nSPS) is 14.3. The Morgan fingerprint density at radius 1 is 1.03 bits per heavy atom. The van der Waals surface area contributed by atoms with Crippen LogP contribution < -0.4 is 30.3 Å². The first kappa shape index (κ1) is 25.4. The van der Waals surface area contributed by atoms with Gasteiger partial charge in [-0.3, -0.25) is 9.59 Å². The average molecular weight is 469 g/mol. The maximum Gasteiger partial charge on any atom is 0.217 e. The second-order valence-electron chi connectivity index (χ2n) is 8.58. The van der Waals surface area contributed by atoms with E-state index in [9.17, 15) is 9.59 Å². The van der Waals surface area contributed by atoms with E-state index in [1.807, 2.05) is 18.2 Å². The molecule has 0 saturated heterocycles. The number of methoxy groups -OCH3 is 3. The largest absolute Gasteiger partial charge is 0.493 e. The smallest absolute Gasteiger partial charge is 0.217 e. The average Bonchev–Trinajstić information content (AvgIpc) is 3.06. The zero-order chi connectivity index (χ0) is 24.7. The van der Waals surface area contributed by atoms with E-state index in [1.165, 1.54) is 19.8 Å². The van der Waals surface area contributed by atoms with E-state index in [0.717, 1.165) is 41.6 Å². The fourth-order valence-corrected chi connectivity index (χ4v) is 4.63. The summed E-state index contributed by atoms with van der Waals surface area (Å²) in [5.74, 6) is 1.49. The van der Waals surface area contributed by atoms with E-state index in [1.54, 1.807) is 27.4 Å². The Labute approximate surface area is 201 Å². The predicted octanol–water partition coefficient (Wildman–Crippen LogP) is 4.86. The van der Waals surface area contributed by atoms with Crippen molar-refractivity contribution in [1.82, 2.24) is 5.32 Å². The first-order valence-corrected chi connectivity index (χ1v) is 12.0. The maximum atomic E-state index is 13.2. The van der Waals surface area contributed by atoms with Gasteiger partial charge in [-0.2, -0.15) is 0 Å². The molecule has 0 bridgehead atoms. The Hall–Kier alpha value is -3.22. The molecule has 1 atom stereocenters. The molecule has 2 N–H and O–H groups in total. The SMILES string of the molecule is CCCCCCNc1ccc2c(cc1=O)[C@@H](NC(C)=O)CCc1cc(OC)c(OC)c(OC)c1-2. The van der Waals surface area contributed by atoms with Crippen LogP contribution in [0.15, 0.2) is 29.1 Å². The number of amides is 1. The number of carbonyl (C=O) groups is 1. The van der Waals surface area contributed by atoms with E-state index in [4.69, 9.17) is 14.2 Å². The second kappa shape index (κ2) is 11.8. The van der Waals surface area contributed by atoms with E-state index >= 15 is 0 Å². The molecule has 0 unspecified atom stereocenters. The molecule has 3 rings (SSSR count). The summed E-state index contributed by atoms with van der Waals surface area (Å²) in [5.41, 5.74) is 3.91. The number of rotatable bonds is 10. The van der Waals surface area contributed by atoms with Crippen LogP contribution in [-0.4, -0.2) is 33.8 Å². The summed E-state index contributed by atoms with van der Waals surface area (Å²) >= 11 is 0. The molecule has 7 heteroatoms. The number of hydrogen-bond acceptors (Lipinski definition) is 6. The molecule has 184 valence electrons. The molecule has 2 aromatic rings. The molecule has 0 radical (unpaired) electrons. The zero-order valence-corrected chi connectivity index (χ0v) is 20.9. The molecule has 0 aromatic heterocycles. The standard InChI is InChI=1S/C27H36N2O5/c1-6-7-8-9-14-28-22-13-11-19-20(16-23(22)31)21(29-17(2)30)12-10-18-15-24(32-3)26(33-4)27(34-5)25(18)19/h11,13,15-16,21H,6-10,12,14H2,1-5H3,(H,28,31)(H,29,30)/t21-/m0/s1. The van der Waals surface area contributed by atoms with Gasteiger partial charge in [-0.25, -0.2) is 0 Å². The molecular weight excluding hydrogens is 432 g/mol. The Bertz CT molecular complexity index is 1080. The number of ether oxygens (including phenoxy) is 3. The van der Waals surface area contributed by atoms with Gasteiger partial charge in [0.1, 0.15) is 0 Å². The van der Waals surface area contributed by atoms with Gasteiger partial charge in [-0.05, 0) is 54.2 Å². The lowest BCUT2D eigenvalue weighted by Crippen LogP contribution is -2.26. The minimum Gasteiger partial charge on any atom is -0.493 e. The molecule has 1 amide bonds. The summed E-state index contributed by atoms with van der Waals surface area (Å²) < 4.78 is 17.0. The predicted molar refractivity (Wildman–Crippen MR) is 135 cm³/mol. The minimum absolute atomic E-state index is 0.102. The summed E-state index contributed by atoms with van der Waals surface area (Å²) in [6.45, 7) is 4.41. The quantitative estimate of drug-likeness (QED) is 0.485. The first-order valence-electron chi connectivity index (χ1n) is 12.0. The van der Waals surface area contributed by atoms with Crippen LogP contribution in [0.25, 0.3) is 11.1 Å². The van der Waals surface area contributed by atoms with E-state index < -0.39 is 0 Å². The second-order valence-corrected chi connectivity index (χ2v) is 8.58. The molecule has 0 spiro atoms. The molecule has 1 aliphatic rings. The van der Waals surface area contributed by atoms with Crippen LogP contribution in [0.3, 0.4) is 0 Å². The molecule has 0 fully saturated rings. The fourth-order valence-electron chi connectivity index (χ4n) is 4.63. The highest BCUT2D eigenvalue weighted by molar-refractivity contribution is 5.83. The minimum atomic E-state index is -0.306. The monoisotopic (exact) mass is 468 g/mol. The number of benzene rings is 1. The Morgan fingerprint density at radius 2 is 1.79 bits per heavy atom. The lowest BCUT2D eigenvalue weighted by molar-refractivity contribution is -0.119. The van der Waals surface area contributed by atoms with Crippen molar-refractivity contribution in [3.05, 3.63) is 45.6 Å². The number of unbranched alkanes of at least 4 members (excludes halogenated alkanes) is 3. The Kier molecular flexibility index (Phi) is 8.79. The molecule has 0 heterocycles. The highest BCUT2D eigenvalue weighted by Crippen LogP contribution is 2.50. The van der Waals surface area contributed by atoms with E-state index in [-0.39, 0.29) is 17.4 Å². The van der Waals surface area contributed by atoms with Gasteiger partial charge < -0.3 is 24.8 Å². The highest BCUT2D eigenvalue weighted by Gasteiger charge is 2.29. The van der Waals surface area contributed by atoms with E-state index in [0.29, 0.717) is 35.8 Å². The molecule has 7 nitrogen and oxygen atoms in total. The highest BCUT2D eigenvalue weighted by atomic mass is 16.5. The van der Waals surface area contributed by atoms with Gasteiger partial charge in [0.25, 0.3) is 0 Å². The third-order valence-electron chi connectivity index (χ3n) is 6.26. The molecule has 0 aliphatic heterocycles.